The third-order valence-electron chi connectivity index (χ3n) is 6.39. The van der Waals surface area contributed by atoms with Gasteiger partial charge in [-0.1, -0.05) is 42.5 Å². The number of carbonyl (C=O) groups is 2. The lowest BCUT2D eigenvalue weighted by atomic mass is 9.77. The first-order valence-corrected chi connectivity index (χ1v) is 9.47. The summed E-state index contributed by atoms with van der Waals surface area (Å²) in [6.45, 7) is 1.35. The van der Waals surface area contributed by atoms with Crippen LogP contribution in [0.25, 0.3) is 10.8 Å². The molecule has 0 aromatic heterocycles. The maximum absolute atomic E-state index is 12.4. The van der Waals surface area contributed by atoms with Crippen molar-refractivity contribution in [2.45, 2.75) is 31.2 Å². The van der Waals surface area contributed by atoms with Gasteiger partial charge >= 0.3 is 11.9 Å². The van der Waals surface area contributed by atoms with Gasteiger partial charge in [0, 0.05) is 18.6 Å². The van der Waals surface area contributed by atoms with Crippen molar-refractivity contribution in [1.29, 1.82) is 0 Å². The molecule has 5 heteroatoms. The summed E-state index contributed by atoms with van der Waals surface area (Å²) in [5, 5.41) is 2.53. The quantitative estimate of drug-likeness (QED) is 0.613. The van der Waals surface area contributed by atoms with E-state index < -0.39 is 17.4 Å². The summed E-state index contributed by atoms with van der Waals surface area (Å²) in [7, 11) is 2.66. The summed E-state index contributed by atoms with van der Waals surface area (Å²) in [4.78, 5) is 27.2. The van der Waals surface area contributed by atoms with Crippen LogP contribution in [0, 0.1) is 5.41 Å². The summed E-state index contributed by atoms with van der Waals surface area (Å²) in [6.07, 6.45) is 3.06. The summed E-state index contributed by atoms with van der Waals surface area (Å²) in [6, 6.07) is 15.0. The van der Waals surface area contributed by atoms with Crippen LogP contribution in [0.4, 0.5) is 0 Å². The van der Waals surface area contributed by atoms with E-state index in [9.17, 15) is 9.59 Å². The number of methoxy groups -OCH3 is 2. The van der Waals surface area contributed by atoms with E-state index in [0.29, 0.717) is 25.9 Å². The smallest absolute Gasteiger partial charge is 0.323 e. The molecule has 0 N–H and O–H groups in total. The van der Waals surface area contributed by atoms with Crippen molar-refractivity contribution in [3.8, 4) is 0 Å². The number of carbonyl (C=O) groups excluding carboxylic acids is 2. The molecule has 1 aliphatic carbocycles. The Kier molecular flexibility index (Phi) is 4.42. The SMILES string of the molecule is COC(=O)C1(C(=O)OC)CCN(C2(c3cccc4ccccc34)CC2)CC1. The second-order valence-corrected chi connectivity index (χ2v) is 7.61. The number of piperidine rings is 1. The van der Waals surface area contributed by atoms with Crippen LogP contribution in [0.15, 0.2) is 42.5 Å². The number of benzene rings is 2. The largest absolute Gasteiger partial charge is 0.468 e. The first-order valence-electron chi connectivity index (χ1n) is 9.47. The zero-order valence-electron chi connectivity index (χ0n) is 15.9. The molecule has 1 heterocycles. The lowest BCUT2D eigenvalue weighted by molar-refractivity contribution is -0.173. The number of ether oxygens (including phenoxy) is 2. The van der Waals surface area contributed by atoms with E-state index in [-0.39, 0.29) is 5.54 Å². The molecule has 27 heavy (non-hydrogen) atoms. The highest BCUT2D eigenvalue weighted by Crippen LogP contribution is 2.54. The van der Waals surface area contributed by atoms with Crippen LogP contribution in [0.2, 0.25) is 0 Å². The molecule has 1 saturated heterocycles. The second kappa shape index (κ2) is 6.64. The normalized spacial score (nSPS) is 20.8. The Hall–Kier alpha value is -2.40. The summed E-state index contributed by atoms with van der Waals surface area (Å²) >= 11 is 0. The van der Waals surface area contributed by atoms with Gasteiger partial charge in [0.05, 0.1) is 14.2 Å². The fourth-order valence-corrected chi connectivity index (χ4v) is 4.70. The Labute approximate surface area is 159 Å². The first kappa shape index (κ1) is 18.0. The Balaban J connectivity index is 1.62. The van der Waals surface area contributed by atoms with E-state index in [4.69, 9.17) is 9.47 Å². The van der Waals surface area contributed by atoms with Crippen LogP contribution >= 0.6 is 0 Å². The number of rotatable bonds is 4. The Morgan fingerprint density at radius 3 is 2.04 bits per heavy atom. The third-order valence-corrected chi connectivity index (χ3v) is 6.39. The van der Waals surface area contributed by atoms with Crippen molar-refractivity contribution >= 4 is 22.7 Å². The lowest BCUT2D eigenvalue weighted by Gasteiger charge is -2.42. The molecule has 0 bridgehead atoms. The average molecular weight is 367 g/mol. The van der Waals surface area contributed by atoms with Gasteiger partial charge in [0.1, 0.15) is 0 Å². The standard InChI is InChI=1S/C22H25NO4/c1-26-19(24)21(20(25)27-2)12-14-23(15-13-21)22(10-11-22)18-9-5-7-16-6-3-4-8-17(16)18/h3-9H,10-15H2,1-2H3. The molecule has 1 aliphatic heterocycles. The predicted octanol–water partition coefficient (Wildman–Crippen LogP) is 3.26. The maximum Gasteiger partial charge on any atom is 0.323 e. The molecule has 2 fully saturated rings. The van der Waals surface area contributed by atoms with E-state index >= 15 is 0 Å². The molecule has 0 atom stereocenters. The van der Waals surface area contributed by atoms with E-state index in [1.807, 2.05) is 0 Å². The van der Waals surface area contributed by atoms with Crippen LogP contribution in [0.1, 0.15) is 31.2 Å². The molecule has 0 radical (unpaired) electrons. The number of likely N-dealkylation sites (tertiary alicyclic amines) is 1. The molecule has 0 spiro atoms. The molecule has 4 rings (SSSR count). The van der Waals surface area contributed by atoms with E-state index in [2.05, 4.69) is 47.4 Å². The highest BCUT2D eigenvalue weighted by atomic mass is 16.5. The van der Waals surface area contributed by atoms with Gasteiger partial charge < -0.3 is 9.47 Å². The molecular weight excluding hydrogens is 342 g/mol. The van der Waals surface area contributed by atoms with Crippen molar-refractivity contribution < 1.29 is 19.1 Å². The van der Waals surface area contributed by atoms with Gasteiger partial charge in [-0.15, -0.1) is 0 Å². The minimum Gasteiger partial charge on any atom is -0.468 e. The van der Waals surface area contributed by atoms with Crippen LogP contribution < -0.4 is 0 Å². The van der Waals surface area contributed by atoms with Crippen LogP contribution in [0.5, 0.6) is 0 Å². The fraction of sp³-hybridized carbons (Fsp3) is 0.455. The van der Waals surface area contributed by atoms with E-state index in [1.54, 1.807) is 0 Å². The van der Waals surface area contributed by atoms with Crippen LogP contribution in [0.3, 0.4) is 0 Å². The highest BCUT2D eigenvalue weighted by Gasteiger charge is 2.56. The first-order chi connectivity index (χ1) is 13.1. The third kappa shape index (κ3) is 2.72. The van der Waals surface area contributed by atoms with Gasteiger partial charge in [-0.2, -0.15) is 0 Å². The Morgan fingerprint density at radius 1 is 0.852 bits per heavy atom. The molecule has 142 valence electrons. The summed E-state index contributed by atoms with van der Waals surface area (Å²) < 4.78 is 9.87. The Bertz CT molecular complexity index is 856. The molecule has 0 unspecified atom stereocenters. The minimum absolute atomic E-state index is 0.0132. The van der Waals surface area contributed by atoms with Crippen molar-refractivity contribution in [3.63, 3.8) is 0 Å². The molecule has 0 amide bonds. The van der Waals surface area contributed by atoms with Gasteiger partial charge in [0.25, 0.3) is 0 Å². The van der Waals surface area contributed by atoms with Gasteiger partial charge in [-0.25, -0.2) is 0 Å². The van der Waals surface area contributed by atoms with Gasteiger partial charge in [0.2, 0.25) is 0 Å². The highest BCUT2D eigenvalue weighted by molar-refractivity contribution is 6.00. The van der Waals surface area contributed by atoms with Crippen molar-refractivity contribution in [2.24, 2.45) is 5.41 Å². The molecule has 2 aliphatic rings. The monoisotopic (exact) mass is 367 g/mol. The topological polar surface area (TPSA) is 55.8 Å². The minimum atomic E-state index is -1.17. The fourth-order valence-electron chi connectivity index (χ4n) is 4.70. The van der Waals surface area contributed by atoms with Crippen molar-refractivity contribution in [1.82, 2.24) is 4.90 Å². The number of esters is 2. The maximum atomic E-state index is 12.4. The second-order valence-electron chi connectivity index (χ2n) is 7.61. The van der Waals surface area contributed by atoms with Gasteiger partial charge in [0.15, 0.2) is 5.41 Å². The molecule has 2 aromatic rings. The van der Waals surface area contributed by atoms with Crippen molar-refractivity contribution in [3.05, 3.63) is 48.0 Å². The lowest BCUT2D eigenvalue weighted by Crippen LogP contribution is -2.52. The van der Waals surface area contributed by atoms with Crippen LogP contribution in [-0.4, -0.2) is 44.1 Å². The summed E-state index contributed by atoms with van der Waals surface area (Å²) in [5.74, 6) is -0.965. The molecular formula is C22H25NO4. The Morgan fingerprint density at radius 2 is 1.44 bits per heavy atom. The van der Waals surface area contributed by atoms with E-state index in [0.717, 1.165) is 12.8 Å². The zero-order chi connectivity index (χ0) is 19.1. The van der Waals surface area contributed by atoms with Gasteiger partial charge in [-0.05, 0) is 42.0 Å². The van der Waals surface area contributed by atoms with Crippen LogP contribution in [-0.2, 0) is 24.6 Å². The zero-order valence-corrected chi connectivity index (χ0v) is 15.9. The number of hydrogen-bond acceptors (Lipinski definition) is 5. The number of nitrogens with zero attached hydrogens (tertiary/aromatic N) is 1. The van der Waals surface area contributed by atoms with Gasteiger partial charge in [-0.3, -0.25) is 14.5 Å². The van der Waals surface area contributed by atoms with Crippen molar-refractivity contribution in [2.75, 3.05) is 27.3 Å². The van der Waals surface area contributed by atoms with E-state index in [1.165, 1.54) is 30.6 Å². The predicted molar refractivity (Wildman–Crippen MR) is 102 cm³/mol. The average Bonchev–Trinajstić information content (AvgIpc) is 3.54. The number of fused-ring (bicyclic) bond motifs is 1. The molecule has 5 nitrogen and oxygen atoms in total. The summed E-state index contributed by atoms with van der Waals surface area (Å²) in [5.41, 5.74) is 0.193. The molecule has 1 saturated carbocycles. The number of hydrogen-bond donors (Lipinski definition) is 0. The molecule has 2 aromatic carbocycles.